The van der Waals surface area contributed by atoms with Gasteiger partial charge in [-0.3, -0.25) is 4.79 Å². The predicted molar refractivity (Wildman–Crippen MR) is 78.2 cm³/mol. The van der Waals surface area contributed by atoms with E-state index < -0.39 is 0 Å². The molecule has 92 valence electrons. The molecule has 4 heteroatoms. The van der Waals surface area contributed by atoms with Crippen LogP contribution in [-0.2, 0) is 0 Å². The monoisotopic (exact) mass is 323 g/mol. The molecule has 2 aromatic carbocycles. The van der Waals surface area contributed by atoms with E-state index in [1.54, 1.807) is 30.3 Å². The molecule has 0 aliphatic heterocycles. The third-order valence-corrected chi connectivity index (χ3v) is 3.63. The second-order valence-corrected chi connectivity index (χ2v) is 5.32. The normalized spacial score (nSPS) is 10.4. The first-order chi connectivity index (χ1) is 8.49. The lowest BCUT2D eigenvalue weighted by Gasteiger charge is -2.07. The van der Waals surface area contributed by atoms with E-state index in [9.17, 15) is 4.79 Å². The third kappa shape index (κ3) is 2.57. The van der Waals surface area contributed by atoms with Crippen LogP contribution in [0.15, 0.2) is 40.9 Å². The Morgan fingerprint density at radius 3 is 2.61 bits per heavy atom. The van der Waals surface area contributed by atoms with Gasteiger partial charge in [-0.05, 0) is 58.7 Å². The highest BCUT2D eigenvalue weighted by Crippen LogP contribution is 2.24. The number of rotatable bonds is 2. The Balaban J connectivity index is 2.47. The van der Waals surface area contributed by atoms with Crippen LogP contribution in [0.2, 0.25) is 5.02 Å². The summed E-state index contributed by atoms with van der Waals surface area (Å²) in [5.74, 6) is -0.0595. The first kappa shape index (κ1) is 13.1. The molecule has 0 fully saturated rings. The van der Waals surface area contributed by atoms with Gasteiger partial charge in [-0.15, -0.1) is 0 Å². The molecule has 2 rings (SSSR count). The van der Waals surface area contributed by atoms with Crippen molar-refractivity contribution < 1.29 is 4.79 Å². The van der Waals surface area contributed by atoms with Gasteiger partial charge in [0.2, 0.25) is 0 Å². The molecule has 0 saturated carbocycles. The van der Waals surface area contributed by atoms with Crippen LogP contribution in [0.5, 0.6) is 0 Å². The van der Waals surface area contributed by atoms with Gasteiger partial charge in [-0.1, -0.05) is 17.7 Å². The number of hydrogen-bond donors (Lipinski definition) is 1. The van der Waals surface area contributed by atoms with Gasteiger partial charge in [-0.2, -0.15) is 0 Å². The van der Waals surface area contributed by atoms with Crippen LogP contribution in [0.25, 0.3) is 0 Å². The van der Waals surface area contributed by atoms with Gasteiger partial charge >= 0.3 is 0 Å². The number of ketones is 1. The summed E-state index contributed by atoms with van der Waals surface area (Å²) < 4.78 is 0.716. The van der Waals surface area contributed by atoms with Crippen molar-refractivity contribution in [3.05, 3.63) is 62.6 Å². The van der Waals surface area contributed by atoms with Gasteiger partial charge in [-0.25, -0.2) is 0 Å². The van der Waals surface area contributed by atoms with Gasteiger partial charge in [0.1, 0.15) is 0 Å². The van der Waals surface area contributed by atoms with E-state index in [2.05, 4.69) is 15.9 Å². The summed E-state index contributed by atoms with van der Waals surface area (Å²) in [6.45, 7) is 1.88. The zero-order chi connectivity index (χ0) is 13.3. The molecule has 0 bridgehead atoms. The maximum Gasteiger partial charge on any atom is 0.193 e. The molecule has 0 heterocycles. The fourth-order valence-electron chi connectivity index (χ4n) is 1.66. The van der Waals surface area contributed by atoms with Gasteiger partial charge in [0.25, 0.3) is 0 Å². The average molecular weight is 325 g/mol. The number of hydrogen-bond acceptors (Lipinski definition) is 2. The molecule has 0 amide bonds. The fraction of sp³-hybridized carbons (Fsp3) is 0.0714. The summed E-state index contributed by atoms with van der Waals surface area (Å²) in [5.41, 5.74) is 8.40. The first-order valence-corrected chi connectivity index (χ1v) is 6.52. The number of anilines is 1. The molecule has 0 spiro atoms. The number of aryl methyl sites for hydroxylation is 1. The minimum absolute atomic E-state index is 0.0595. The summed E-state index contributed by atoms with van der Waals surface area (Å²) in [6.07, 6.45) is 0. The van der Waals surface area contributed by atoms with Crippen LogP contribution in [0.4, 0.5) is 5.69 Å². The number of carbonyl (C=O) groups is 1. The molecule has 2 nitrogen and oxygen atoms in total. The highest BCUT2D eigenvalue weighted by molar-refractivity contribution is 9.10. The standard InChI is InChI=1S/C14H11BrClNO/c1-8-2-4-10(16)7-11(8)14(18)9-3-5-13(17)12(15)6-9/h2-7H,17H2,1H3. The maximum absolute atomic E-state index is 12.4. The Labute approximate surface area is 119 Å². The van der Waals surface area contributed by atoms with Crippen LogP contribution in [0, 0.1) is 6.92 Å². The molecule has 2 aromatic rings. The number of benzene rings is 2. The SMILES string of the molecule is Cc1ccc(Cl)cc1C(=O)c1ccc(N)c(Br)c1. The van der Waals surface area contributed by atoms with Crippen molar-refractivity contribution in [3.63, 3.8) is 0 Å². The second kappa shape index (κ2) is 5.12. The number of halogens is 2. The van der Waals surface area contributed by atoms with E-state index in [0.29, 0.717) is 26.3 Å². The Morgan fingerprint density at radius 1 is 1.22 bits per heavy atom. The quantitative estimate of drug-likeness (QED) is 0.664. The van der Waals surface area contributed by atoms with Crippen molar-refractivity contribution in [1.29, 1.82) is 0 Å². The van der Waals surface area contributed by atoms with Crippen molar-refractivity contribution in [2.45, 2.75) is 6.92 Å². The highest BCUT2D eigenvalue weighted by atomic mass is 79.9. The van der Waals surface area contributed by atoms with Crippen LogP contribution in [-0.4, -0.2) is 5.78 Å². The third-order valence-electron chi connectivity index (χ3n) is 2.71. The summed E-state index contributed by atoms with van der Waals surface area (Å²) in [6, 6.07) is 10.4. The minimum atomic E-state index is -0.0595. The molecule has 0 atom stereocenters. The Kier molecular flexibility index (Phi) is 3.73. The number of nitrogen functional groups attached to an aromatic ring is 1. The summed E-state index contributed by atoms with van der Waals surface area (Å²) in [5, 5.41) is 0.554. The lowest BCUT2D eigenvalue weighted by Crippen LogP contribution is -2.04. The van der Waals surface area contributed by atoms with Crippen molar-refractivity contribution in [1.82, 2.24) is 0 Å². The van der Waals surface area contributed by atoms with Gasteiger partial charge in [0.15, 0.2) is 5.78 Å². The molecule has 0 aliphatic carbocycles. The van der Waals surface area contributed by atoms with Gasteiger partial charge in [0.05, 0.1) is 0 Å². The highest BCUT2D eigenvalue weighted by Gasteiger charge is 2.13. The molecule has 0 aliphatic rings. The molecular formula is C14H11BrClNO. The molecule has 18 heavy (non-hydrogen) atoms. The number of carbonyl (C=O) groups excluding carboxylic acids is 1. The zero-order valence-electron chi connectivity index (χ0n) is 9.71. The summed E-state index contributed by atoms with van der Waals surface area (Å²) >= 11 is 9.24. The van der Waals surface area contributed by atoms with E-state index >= 15 is 0 Å². The van der Waals surface area contributed by atoms with Gasteiger partial charge in [0, 0.05) is 26.3 Å². The van der Waals surface area contributed by atoms with E-state index in [1.807, 2.05) is 13.0 Å². The van der Waals surface area contributed by atoms with Crippen molar-refractivity contribution in [3.8, 4) is 0 Å². The zero-order valence-corrected chi connectivity index (χ0v) is 12.0. The molecule has 0 unspecified atom stereocenters. The van der Waals surface area contributed by atoms with Gasteiger partial charge < -0.3 is 5.73 Å². The maximum atomic E-state index is 12.4. The molecule has 0 saturated heterocycles. The lowest BCUT2D eigenvalue weighted by molar-refractivity contribution is 0.103. The average Bonchev–Trinajstić information content (AvgIpc) is 2.35. The fourth-order valence-corrected chi connectivity index (χ4v) is 2.21. The van der Waals surface area contributed by atoms with E-state index in [4.69, 9.17) is 17.3 Å². The number of nitrogens with two attached hydrogens (primary N) is 1. The Hall–Kier alpha value is -1.32. The Morgan fingerprint density at radius 2 is 1.94 bits per heavy atom. The molecular weight excluding hydrogens is 314 g/mol. The largest absolute Gasteiger partial charge is 0.398 e. The lowest BCUT2D eigenvalue weighted by atomic mass is 9.99. The first-order valence-electron chi connectivity index (χ1n) is 5.35. The molecule has 0 radical (unpaired) electrons. The smallest absolute Gasteiger partial charge is 0.193 e. The van der Waals surface area contributed by atoms with Crippen LogP contribution < -0.4 is 5.73 Å². The van der Waals surface area contributed by atoms with Crippen molar-refractivity contribution in [2.75, 3.05) is 5.73 Å². The van der Waals surface area contributed by atoms with Crippen LogP contribution in [0.1, 0.15) is 21.5 Å². The second-order valence-electron chi connectivity index (χ2n) is 4.02. The van der Waals surface area contributed by atoms with Crippen molar-refractivity contribution in [2.24, 2.45) is 0 Å². The molecule has 0 aromatic heterocycles. The van der Waals surface area contributed by atoms with Crippen molar-refractivity contribution >= 4 is 39.0 Å². The van der Waals surface area contributed by atoms with E-state index in [-0.39, 0.29) is 5.78 Å². The Bertz CT molecular complexity index is 625. The molecule has 2 N–H and O–H groups in total. The van der Waals surface area contributed by atoms with Crippen LogP contribution in [0.3, 0.4) is 0 Å². The van der Waals surface area contributed by atoms with Crippen LogP contribution >= 0.6 is 27.5 Å². The van der Waals surface area contributed by atoms with E-state index in [0.717, 1.165) is 5.56 Å². The van der Waals surface area contributed by atoms with E-state index in [1.165, 1.54) is 0 Å². The summed E-state index contributed by atoms with van der Waals surface area (Å²) in [4.78, 5) is 12.4. The minimum Gasteiger partial charge on any atom is -0.398 e. The predicted octanol–water partition coefficient (Wildman–Crippen LogP) is 4.22. The topological polar surface area (TPSA) is 43.1 Å². The summed E-state index contributed by atoms with van der Waals surface area (Å²) in [7, 11) is 0.